The molecule has 2 N–H and O–H groups in total. The zero-order valence-electron chi connectivity index (χ0n) is 12.1. The highest BCUT2D eigenvalue weighted by atomic mass is 19.1. The molecule has 1 saturated heterocycles. The fourth-order valence-corrected chi connectivity index (χ4v) is 2.67. The quantitative estimate of drug-likeness (QED) is 0.825. The van der Waals surface area contributed by atoms with Crippen molar-refractivity contribution in [3.63, 3.8) is 0 Å². The first-order valence-corrected chi connectivity index (χ1v) is 6.88. The molecule has 6 heteroatoms. The van der Waals surface area contributed by atoms with Crippen molar-refractivity contribution in [2.24, 2.45) is 0 Å². The highest BCUT2D eigenvalue weighted by molar-refractivity contribution is 5.97. The maximum atomic E-state index is 13.6. The topological polar surface area (TPSA) is 69.6 Å². The maximum Gasteiger partial charge on any atom is 0.217 e. The Balaban J connectivity index is 2.10. The smallest absolute Gasteiger partial charge is 0.217 e. The molecule has 0 radical (unpaired) electrons. The molecule has 1 fully saturated rings. The van der Waals surface area contributed by atoms with Gasteiger partial charge >= 0.3 is 0 Å². The number of benzene rings is 1. The van der Waals surface area contributed by atoms with E-state index in [9.17, 15) is 19.1 Å². The van der Waals surface area contributed by atoms with Crippen LogP contribution in [0.2, 0.25) is 0 Å². The van der Waals surface area contributed by atoms with Gasteiger partial charge in [-0.1, -0.05) is 0 Å². The van der Waals surface area contributed by atoms with Crippen LogP contribution >= 0.6 is 0 Å². The summed E-state index contributed by atoms with van der Waals surface area (Å²) in [6, 6.07) is 2.36. The van der Waals surface area contributed by atoms with Crippen LogP contribution in [0.4, 0.5) is 4.39 Å². The fraction of sp³-hybridized carbons (Fsp3) is 0.467. The van der Waals surface area contributed by atoms with Crippen LogP contribution < -0.4 is 5.32 Å². The number of nitrogens with one attached hydrogen (secondary N) is 1. The van der Waals surface area contributed by atoms with Crippen LogP contribution in [0.25, 0.3) is 0 Å². The van der Waals surface area contributed by atoms with Crippen LogP contribution in [0.3, 0.4) is 0 Å². The van der Waals surface area contributed by atoms with Crippen LogP contribution in [0.5, 0.6) is 5.75 Å². The van der Waals surface area contributed by atoms with Crippen molar-refractivity contribution in [2.75, 3.05) is 13.1 Å². The molecule has 0 aliphatic carbocycles. The van der Waals surface area contributed by atoms with Gasteiger partial charge in [-0.05, 0) is 25.5 Å². The standard InChI is InChI=1S/C15H19FN2O3/c1-9(19)14-6-12(16)5-11(15(14)21)7-18-4-3-13(8-18)17-10(2)20/h5-6,13,21H,3-4,7-8H2,1-2H3,(H,17,20). The SMILES string of the molecule is CC(=O)NC1CCN(Cc2cc(F)cc(C(C)=O)c2O)C1. The minimum Gasteiger partial charge on any atom is -0.507 e. The number of carbonyl (C=O) groups is 2. The van der Waals surface area contributed by atoms with Crippen LogP contribution in [0, 0.1) is 5.82 Å². The van der Waals surface area contributed by atoms with Crippen molar-refractivity contribution in [1.82, 2.24) is 10.2 Å². The van der Waals surface area contributed by atoms with Gasteiger partial charge in [-0.2, -0.15) is 0 Å². The predicted octanol–water partition coefficient (Wildman–Crippen LogP) is 1.44. The number of ketones is 1. The van der Waals surface area contributed by atoms with Crippen LogP contribution in [-0.2, 0) is 11.3 Å². The van der Waals surface area contributed by atoms with Gasteiger partial charge in [0.05, 0.1) is 5.56 Å². The Kier molecular flexibility index (Phi) is 4.57. The Morgan fingerprint density at radius 3 is 2.76 bits per heavy atom. The van der Waals surface area contributed by atoms with Gasteiger partial charge in [0.15, 0.2) is 5.78 Å². The summed E-state index contributed by atoms with van der Waals surface area (Å²) < 4.78 is 13.6. The molecule has 1 amide bonds. The molecule has 0 bridgehead atoms. The number of hydrogen-bond acceptors (Lipinski definition) is 4. The number of phenols is 1. The van der Waals surface area contributed by atoms with Gasteiger partial charge < -0.3 is 10.4 Å². The second-order valence-electron chi connectivity index (χ2n) is 5.44. The molecule has 0 aromatic heterocycles. The Morgan fingerprint density at radius 1 is 1.43 bits per heavy atom. The van der Waals surface area contributed by atoms with Crippen molar-refractivity contribution in [3.8, 4) is 5.75 Å². The van der Waals surface area contributed by atoms with E-state index in [1.54, 1.807) is 0 Å². The second-order valence-corrected chi connectivity index (χ2v) is 5.44. The summed E-state index contributed by atoms with van der Waals surface area (Å²) in [5.41, 5.74) is 0.395. The van der Waals surface area contributed by atoms with Gasteiger partial charge in [0.2, 0.25) is 5.91 Å². The van der Waals surface area contributed by atoms with Gasteiger partial charge in [-0.25, -0.2) is 4.39 Å². The lowest BCUT2D eigenvalue weighted by Crippen LogP contribution is -2.35. The largest absolute Gasteiger partial charge is 0.507 e. The lowest BCUT2D eigenvalue weighted by Gasteiger charge is -2.18. The molecule has 5 nitrogen and oxygen atoms in total. The molecule has 1 unspecified atom stereocenters. The molecular formula is C15H19FN2O3. The van der Waals surface area contributed by atoms with Crippen LogP contribution in [0.1, 0.15) is 36.2 Å². The monoisotopic (exact) mass is 294 g/mol. The molecule has 1 heterocycles. The Morgan fingerprint density at radius 2 is 2.14 bits per heavy atom. The summed E-state index contributed by atoms with van der Waals surface area (Å²) in [4.78, 5) is 24.4. The third-order valence-corrected chi connectivity index (χ3v) is 3.61. The lowest BCUT2D eigenvalue weighted by atomic mass is 10.1. The summed E-state index contributed by atoms with van der Waals surface area (Å²) in [5.74, 6) is -1.14. The van der Waals surface area contributed by atoms with Crippen molar-refractivity contribution < 1.29 is 19.1 Å². The molecule has 1 aromatic carbocycles. The first-order chi connectivity index (χ1) is 9.86. The average molecular weight is 294 g/mol. The van der Waals surface area contributed by atoms with E-state index in [1.165, 1.54) is 19.9 Å². The van der Waals surface area contributed by atoms with E-state index >= 15 is 0 Å². The lowest BCUT2D eigenvalue weighted by molar-refractivity contribution is -0.119. The molecule has 2 rings (SSSR count). The number of halogens is 1. The van der Waals surface area contributed by atoms with E-state index in [0.29, 0.717) is 18.7 Å². The third-order valence-electron chi connectivity index (χ3n) is 3.61. The minimum atomic E-state index is -0.536. The Labute approximate surface area is 122 Å². The van der Waals surface area contributed by atoms with Gasteiger partial charge in [-0.15, -0.1) is 0 Å². The van der Waals surface area contributed by atoms with Crippen molar-refractivity contribution in [2.45, 2.75) is 32.9 Å². The normalized spacial score (nSPS) is 18.7. The van der Waals surface area contributed by atoms with E-state index < -0.39 is 5.82 Å². The number of hydrogen-bond donors (Lipinski definition) is 2. The summed E-state index contributed by atoms with van der Waals surface area (Å²) in [7, 11) is 0. The predicted molar refractivity (Wildman–Crippen MR) is 75.6 cm³/mol. The molecule has 21 heavy (non-hydrogen) atoms. The number of rotatable bonds is 4. The van der Waals surface area contributed by atoms with E-state index in [2.05, 4.69) is 5.32 Å². The number of Topliss-reactive ketones (excluding diaryl/α,β-unsaturated/α-hetero) is 1. The molecule has 1 atom stereocenters. The summed E-state index contributed by atoms with van der Waals surface area (Å²) in [6.07, 6.45) is 0.815. The number of phenolic OH excluding ortho intramolecular Hbond substituents is 1. The summed E-state index contributed by atoms with van der Waals surface area (Å²) in [5, 5.41) is 12.9. The number of likely N-dealkylation sites (tertiary alicyclic amines) is 1. The summed E-state index contributed by atoms with van der Waals surface area (Å²) in [6.45, 7) is 4.50. The number of carbonyl (C=O) groups excluding carboxylic acids is 2. The molecule has 0 spiro atoms. The van der Waals surface area contributed by atoms with Gasteiger partial charge in [0.25, 0.3) is 0 Å². The van der Waals surface area contributed by atoms with Crippen LogP contribution in [-0.4, -0.2) is 40.8 Å². The second kappa shape index (κ2) is 6.22. The zero-order valence-corrected chi connectivity index (χ0v) is 12.1. The fourth-order valence-electron chi connectivity index (χ4n) is 2.67. The molecule has 1 aromatic rings. The Bertz CT molecular complexity index is 574. The van der Waals surface area contributed by atoms with E-state index in [4.69, 9.17) is 0 Å². The highest BCUT2D eigenvalue weighted by Crippen LogP contribution is 2.27. The van der Waals surface area contributed by atoms with Crippen molar-refractivity contribution >= 4 is 11.7 Å². The van der Waals surface area contributed by atoms with Gasteiger partial charge in [-0.3, -0.25) is 14.5 Å². The molecule has 0 saturated carbocycles. The number of amides is 1. The number of aromatic hydroxyl groups is 1. The summed E-state index contributed by atoms with van der Waals surface area (Å²) >= 11 is 0. The maximum absolute atomic E-state index is 13.6. The van der Waals surface area contributed by atoms with E-state index in [1.807, 2.05) is 4.90 Å². The minimum absolute atomic E-state index is 0.00241. The van der Waals surface area contributed by atoms with Gasteiger partial charge in [0.1, 0.15) is 11.6 Å². The Hall–Kier alpha value is -1.95. The first kappa shape index (κ1) is 15.4. The molecule has 1 aliphatic rings. The molecular weight excluding hydrogens is 275 g/mol. The zero-order chi connectivity index (χ0) is 15.6. The van der Waals surface area contributed by atoms with Crippen molar-refractivity contribution in [1.29, 1.82) is 0 Å². The first-order valence-electron chi connectivity index (χ1n) is 6.88. The highest BCUT2D eigenvalue weighted by Gasteiger charge is 2.24. The third kappa shape index (κ3) is 3.78. The van der Waals surface area contributed by atoms with E-state index in [-0.39, 0.29) is 29.0 Å². The average Bonchev–Trinajstić information content (AvgIpc) is 2.79. The molecule has 1 aliphatic heterocycles. The van der Waals surface area contributed by atoms with Crippen molar-refractivity contribution in [3.05, 3.63) is 29.1 Å². The van der Waals surface area contributed by atoms with Crippen LogP contribution in [0.15, 0.2) is 12.1 Å². The van der Waals surface area contributed by atoms with E-state index in [0.717, 1.165) is 19.0 Å². The van der Waals surface area contributed by atoms with Gasteiger partial charge in [0, 0.05) is 38.2 Å². The number of nitrogens with zero attached hydrogens (tertiary/aromatic N) is 1. The molecule has 114 valence electrons.